The summed E-state index contributed by atoms with van der Waals surface area (Å²) in [6.45, 7) is 0.745. The number of amides is 1. The van der Waals surface area contributed by atoms with Crippen LogP contribution in [0.3, 0.4) is 0 Å². The lowest BCUT2D eigenvalue weighted by Crippen LogP contribution is -2.34. The minimum absolute atomic E-state index is 0.00750. The van der Waals surface area contributed by atoms with Crippen LogP contribution < -0.4 is 4.74 Å². The molecular formula is C18H18N6O2. The standard InChI is InChI=1S/C18H18N6O2/c25-18(23-11-3-5-17(23)16-4-1-2-10-19-16)12-26-15-8-6-14(7-9-15)24-13-20-21-22-24/h1-2,4,6-10,13,17H,3,5,11-12H2/t17-/m1/s1. The molecule has 1 aliphatic heterocycles. The fourth-order valence-electron chi connectivity index (χ4n) is 3.15. The van der Waals surface area contributed by atoms with E-state index in [1.807, 2.05) is 35.2 Å². The van der Waals surface area contributed by atoms with Crippen LogP contribution in [-0.2, 0) is 4.79 Å². The number of aromatic nitrogens is 5. The number of carbonyl (C=O) groups excluding carboxylic acids is 1. The van der Waals surface area contributed by atoms with Gasteiger partial charge in [0.2, 0.25) is 0 Å². The molecule has 2 aromatic heterocycles. The second-order valence-corrected chi connectivity index (χ2v) is 6.04. The molecule has 26 heavy (non-hydrogen) atoms. The summed E-state index contributed by atoms with van der Waals surface area (Å²) >= 11 is 0. The number of ether oxygens (including phenoxy) is 1. The van der Waals surface area contributed by atoms with E-state index in [0.29, 0.717) is 5.75 Å². The zero-order valence-electron chi connectivity index (χ0n) is 14.1. The summed E-state index contributed by atoms with van der Waals surface area (Å²) in [5.41, 5.74) is 1.76. The quantitative estimate of drug-likeness (QED) is 0.697. The molecule has 1 aliphatic rings. The maximum absolute atomic E-state index is 12.6. The van der Waals surface area contributed by atoms with Crippen molar-refractivity contribution in [2.45, 2.75) is 18.9 Å². The molecule has 0 bridgehead atoms. The number of rotatable bonds is 5. The number of hydrogen-bond acceptors (Lipinski definition) is 6. The fourth-order valence-corrected chi connectivity index (χ4v) is 3.15. The minimum Gasteiger partial charge on any atom is -0.484 e. The molecule has 3 heterocycles. The van der Waals surface area contributed by atoms with Crippen LogP contribution in [0.15, 0.2) is 55.0 Å². The van der Waals surface area contributed by atoms with Gasteiger partial charge in [0.15, 0.2) is 6.61 Å². The monoisotopic (exact) mass is 350 g/mol. The Kier molecular flexibility index (Phi) is 4.55. The van der Waals surface area contributed by atoms with Crippen molar-refractivity contribution in [3.63, 3.8) is 0 Å². The fraction of sp³-hybridized carbons (Fsp3) is 0.278. The Balaban J connectivity index is 1.37. The number of hydrogen-bond donors (Lipinski definition) is 0. The van der Waals surface area contributed by atoms with Gasteiger partial charge in [0.1, 0.15) is 12.1 Å². The van der Waals surface area contributed by atoms with Crippen molar-refractivity contribution in [2.24, 2.45) is 0 Å². The Labute approximate surface area is 150 Å². The van der Waals surface area contributed by atoms with Gasteiger partial charge in [-0.25, -0.2) is 4.68 Å². The van der Waals surface area contributed by atoms with Gasteiger partial charge in [0.05, 0.1) is 17.4 Å². The van der Waals surface area contributed by atoms with Crippen molar-refractivity contribution in [1.82, 2.24) is 30.1 Å². The summed E-state index contributed by atoms with van der Waals surface area (Å²) in [7, 11) is 0. The van der Waals surface area contributed by atoms with Gasteiger partial charge in [-0.05, 0) is 59.7 Å². The summed E-state index contributed by atoms with van der Waals surface area (Å²) in [6, 6.07) is 13.1. The number of tetrazole rings is 1. The molecule has 0 aliphatic carbocycles. The summed E-state index contributed by atoms with van der Waals surface area (Å²) in [4.78, 5) is 18.9. The van der Waals surface area contributed by atoms with Crippen LogP contribution in [-0.4, -0.2) is 49.1 Å². The first-order valence-corrected chi connectivity index (χ1v) is 8.48. The first kappa shape index (κ1) is 16.2. The van der Waals surface area contributed by atoms with E-state index in [1.165, 1.54) is 6.33 Å². The minimum atomic E-state index is -0.0253. The van der Waals surface area contributed by atoms with Crippen molar-refractivity contribution in [2.75, 3.05) is 13.2 Å². The molecule has 8 nitrogen and oxygen atoms in total. The van der Waals surface area contributed by atoms with Gasteiger partial charge in [-0.1, -0.05) is 6.07 Å². The highest BCUT2D eigenvalue weighted by molar-refractivity contribution is 5.78. The van der Waals surface area contributed by atoms with Gasteiger partial charge in [0, 0.05) is 12.7 Å². The lowest BCUT2D eigenvalue weighted by molar-refractivity contribution is -0.134. The van der Waals surface area contributed by atoms with E-state index >= 15 is 0 Å². The average Bonchev–Trinajstić information content (AvgIpc) is 3.39. The molecule has 0 radical (unpaired) electrons. The van der Waals surface area contributed by atoms with Gasteiger partial charge >= 0.3 is 0 Å². The molecule has 3 aromatic rings. The second-order valence-electron chi connectivity index (χ2n) is 6.04. The Morgan fingerprint density at radius 2 is 2.08 bits per heavy atom. The van der Waals surface area contributed by atoms with Crippen molar-refractivity contribution in [3.05, 3.63) is 60.7 Å². The van der Waals surface area contributed by atoms with E-state index in [1.54, 1.807) is 23.0 Å². The topological polar surface area (TPSA) is 86.0 Å². The predicted octanol–water partition coefficient (Wildman–Crippen LogP) is 1.80. The third-order valence-corrected chi connectivity index (χ3v) is 4.41. The van der Waals surface area contributed by atoms with Crippen LogP contribution in [0.1, 0.15) is 24.6 Å². The predicted molar refractivity (Wildman–Crippen MR) is 92.6 cm³/mol. The molecule has 132 valence electrons. The zero-order chi connectivity index (χ0) is 17.8. The van der Waals surface area contributed by atoms with Gasteiger partial charge in [-0.3, -0.25) is 9.78 Å². The van der Waals surface area contributed by atoms with E-state index in [9.17, 15) is 4.79 Å². The van der Waals surface area contributed by atoms with Crippen LogP contribution in [0.5, 0.6) is 5.75 Å². The Hall–Kier alpha value is -3.29. The van der Waals surface area contributed by atoms with Crippen LogP contribution in [0.25, 0.3) is 5.69 Å². The molecule has 1 fully saturated rings. The third-order valence-electron chi connectivity index (χ3n) is 4.41. The maximum Gasteiger partial charge on any atom is 0.261 e. The van der Waals surface area contributed by atoms with Gasteiger partial charge in [-0.15, -0.1) is 5.10 Å². The number of carbonyl (C=O) groups is 1. The molecule has 1 saturated heterocycles. The molecule has 0 N–H and O–H groups in total. The molecule has 8 heteroatoms. The van der Waals surface area contributed by atoms with E-state index in [-0.39, 0.29) is 18.6 Å². The SMILES string of the molecule is O=C(COc1ccc(-n2cnnn2)cc1)N1CCC[C@@H]1c1ccccn1. The van der Waals surface area contributed by atoms with E-state index in [2.05, 4.69) is 20.5 Å². The Bertz CT molecular complexity index is 851. The van der Waals surface area contributed by atoms with Crippen molar-refractivity contribution in [1.29, 1.82) is 0 Å². The summed E-state index contributed by atoms with van der Waals surface area (Å²) in [5.74, 6) is 0.603. The van der Waals surface area contributed by atoms with Gasteiger partial charge in [-0.2, -0.15) is 0 Å². The summed E-state index contributed by atoms with van der Waals surface area (Å²) in [5, 5.41) is 11.0. The number of benzene rings is 1. The second kappa shape index (κ2) is 7.30. The van der Waals surface area contributed by atoms with Gasteiger partial charge < -0.3 is 9.64 Å². The molecular weight excluding hydrogens is 332 g/mol. The number of nitrogens with zero attached hydrogens (tertiary/aromatic N) is 6. The highest BCUT2D eigenvalue weighted by Crippen LogP contribution is 2.30. The van der Waals surface area contributed by atoms with E-state index < -0.39 is 0 Å². The molecule has 0 saturated carbocycles. The lowest BCUT2D eigenvalue weighted by Gasteiger charge is -2.24. The first-order chi connectivity index (χ1) is 12.8. The van der Waals surface area contributed by atoms with Gasteiger partial charge in [0.25, 0.3) is 5.91 Å². The maximum atomic E-state index is 12.6. The highest BCUT2D eigenvalue weighted by Gasteiger charge is 2.30. The van der Waals surface area contributed by atoms with Crippen molar-refractivity contribution >= 4 is 5.91 Å². The smallest absolute Gasteiger partial charge is 0.261 e. The molecule has 1 amide bonds. The average molecular weight is 350 g/mol. The Morgan fingerprint density at radius 3 is 2.81 bits per heavy atom. The van der Waals surface area contributed by atoms with Crippen LogP contribution in [0.4, 0.5) is 0 Å². The molecule has 0 unspecified atom stereocenters. The summed E-state index contributed by atoms with van der Waals surface area (Å²) in [6.07, 6.45) is 5.19. The van der Waals surface area contributed by atoms with Crippen LogP contribution >= 0.6 is 0 Å². The third kappa shape index (κ3) is 3.39. The van der Waals surface area contributed by atoms with Crippen molar-refractivity contribution < 1.29 is 9.53 Å². The molecule has 0 spiro atoms. The number of likely N-dealkylation sites (tertiary alicyclic amines) is 1. The zero-order valence-corrected chi connectivity index (χ0v) is 14.1. The first-order valence-electron chi connectivity index (χ1n) is 8.48. The summed E-state index contributed by atoms with van der Waals surface area (Å²) < 4.78 is 7.22. The Morgan fingerprint density at radius 1 is 1.19 bits per heavy atom. The molecule has 4 rings (SSSR count). The van der Waals surface area contributed by atoms with Crippen molar-refractivity contribution in [3.8, 4) is 11.4 Å². The normalized spacial score (nSPS) is 16.6. The number of pyridine rings is 1. The molecule has 1 aromatic carbocycles. The largest absolute Gasteiger partial charge is 0.484 e. The molecule has 1 atom stereocenters. The lowest BCUT2D eigenvalue weighted by atomic mass is 10.1. The van der Waals surface area contributed by atoms with E-state index in [4.69, 9.17) is 4.74 Å². The van der Waals surface area contributed by atoms with E-state index in [0.717, 1.165) is 30.8 Å². The van der Waals surface area contributed by atoms with Crippen LogP contribution in [0, 0.1) is 0 Å². The van der Waals surface area contributed by atoms with Crippen LogP contribution in [0.2, 0.25) is 0 Å². The highest BCUT2D eigenvalue weighted by atomic mass is 16.5.